The first-order chi connectivity index (χ1) is 17.6. The Hall–Kier alpha value is -4.13. The van der Waals surface area contributed by atoms with Gasteiger partial charge in [-0.25, -0.2) is 9.59 Å². The highest BCUT2D eigenvalue weighted by atomic mass is 19.4. The molecule has 0 fully saturated rings. The first kappa shape index (κ1) is 25.9. The van der Waals surface area contributed by atoms with Crippen LogP contribution in [-0.2, 0) is 35.3 Å². The summed E-state index contributed by atoms with van der Waals surface area (Å²) in [5.74, 6) is -3.97. The van der Waals surface area contributed by atoms with Crippen LogP contribution in [-0.4, -0.2) is 50.9 Å². The van der Waals surface area contributed by atoms with Gasteiger partial charge in [-0.1, -0.05) is 12.1 Å². The minimum atomic E-state index is -5.30. The molecule has 0 amide bonds. The number of aromatic nitrogens is 3. The molecule has 0 saturated heterocycles. The maximum atomic E-state index is 12.7. The highest BCUT2D eigenvalue weighted by Gasteiger charge is 2.43. The second-order valence-electron chi connectivity index (χ2n) is 8.38. The second-order valence-corrected chi connectivity index (χ2v) is 8.38. The fourth-order valence-corrected chi connectivity index (χ4v) is 4.15. The van der Waals surface area contributed by atoms with E-state index in [1.54, 1.807) is 30.6 Å². The van der Waals surface area contributed by atoms with E-state index in [9.17, 15) is 32.9 Å². The number of pyridine rings is 1. The van der Waals surface area contributed by atoms with Crippen molar-refractivity contribution in [2.24, 2.45) is 0 Å². The Morgan fingerprint density at radius 2 is 1.89 bits per heavy atom. The lowest BCUT2D eigenvalue weighted by Crippen LogP contribution is -2.29. The lowest BCUT2D eigenvalue weighted by Gasteiger charge is -2.15. The van der Waals surface area contributed by atoms with Gasteiger partial charge < -0.3 is 10.1 Å². The van der Waals surface area contributed by atoms with Crippen molar-refractivity contribution >= 4 is 17.6 Å². The Bertz CT molecular complexity index is 1320. The maximum absolute atomic E-state index is 12.7. The van der Waals surface area contributed by atoms with Crippen LogP contribution in [0.15, 0.2) is 42.7 Å². The van der Waals surface area contributed by atoms with Gasteiger partial charge in [0.25, 0.3) is 5.69 Å². The number of aryl methyl sites for hydroxylation is 2. The molecule has 0 spiro atoms. The van der Waals surface area contributed by atoms with E-state index >= 15 is 0 Å². The average Bonchev–Trinajstić information content (AvgIpc) is 3.24. The third kappa shape index (κ3) is 6.00. The fourth-order valence-electron chi connectivity index (χ4n) is 4.15. The molecule has 0 bridgehead atoms. The molecule has 0 radical (unpaired) electrons. The molecule has 1 N–H and O–H groups in total. The van der Waals surface area contributed by atoms with E-state index in [-0.39, 0.29) is 17.9 Å². The van der Waals surface area contributed by atoms with Crippen LogP contribution in [0.4, 0.5) is 18.9 Å². The highest BCUT2D eigenvalue weighted by Crippen LogP contribution is 2.34. The van der Waals surface area contributed by atoms with Crippen molar-refractivity contribution in [1.29, 1.82) is 0 Å². The third-order valence-corrected chi connectivity index (χ3v) is 5.92. The molecule has 4 rings (SSSR count). The molecule has 13 heteroatoms. The Morgan fingerprint density at radius 1 is 1.14 bits per heavy atom. The summed E-state index contributed by atoms with van der Waals surface area (Å²) in [6.07, 6.45) is -0.0873. The summed E-state index contributed by atoms with van der Waals surface area (Å²) in [6.45, 7) is 1.29. The quantitative estimate of drug-likeness (QED) is 0.150. The summed E-state index contributed by atoms with van der Waals surface area (Å²) in [5, 5.41) is 18.4. The SMILES string of the molecule is O=C(OC(=O)C(F)(F)F)c1c2c(nn1CCCNCCc1ccc([N+](=O)[O-])cc1)-c1ccncc1CC2. The number of nitro groups is 1. The molecule has 0 atom stereocenters. The molecule has 1 aliphatic rings. The van der Waals surface area contributed by atoms with Crippen LogP contribution in [0.25, 0.3) is 11.3 Å². The van der Waals surface area contributed by atoms with Gasteiger partial charge in [0.15, 0.2) is 5.69 Å². The van der Waals surface area contributed by atoms with Crippen molar-refractivity contribution in [2.75, 3.05) is 13.1 Å². The summed E-state index contributed by atoms with van der Waals surface area (Å²) < 4.78 is 43.5. The Balaban J connectivity index is 1.42. The number of hydrogen-bond acceptors (Lipinski definition) is 8. The molecular formula is C24H22F3N5O5. The van der Waals surface area contributed by atoms with Crippen LogP contribution in [0.2, 0.25) is 0 Å². The number of alkyl halides is 3. The number of nitrogens with zero attached hydrogens (tertiary/aromatic N) is 4. The van der Waals surface area contributed by atoms with Crippen molar-refractivity contribution < 1.29 is 32.4 Å². The number of esters is 2. The Morgan fingerprint density at radius 3 is 2.59 bits per heavy atom. The number of nitrogens with one attached hydrogen (secondary N) is 1. The lowest BCUT2D eigenvalue weighted by atomic mass is 9.90. The highest BCUT2D eigenvalue weighted by molar-refractivity contribution is 5.99. The van der Waals surface area contributed by atoms with Gasteiger partial charge in [-0.3, -0.25) is 19.8 Å². The van der Waals surface area contributed by atoms with Crippen LogP contribution >= 0.6 is 0 Å². The van der Waals surface area contributed by atoms with Crippen molar-refractivity contribution in [3.63, 3.8) is 0 Å². The molecular weight excluding hydrogens is 495 g/mol. The number of halogens is 3. The predicted octanol–water partition coefficient (Wildman–Crippen LogP) is 3.42. The number of fused-ring (bicyclic) bond motifs is 3. The van der Waals surface area contributed by atoms with Gasteiger partial charge in [0.1, 0.15) is 0 Å². The molecule has 1 aromatic carbocycles. The maximum Gasteiger partial charge on any atom is 0.491 e. The first-order valence-corrected chi connectivity index (χ1v) is 11.5. The van der Waals surface area contributed by atoms with Gasteiger partial charge >= 0.3 is 18.1 Å². The largest absolute Gasteiger partial charge is 0.491 e. The predicted molar refractivity (Wildman–Crippen MR) is 124 cm³/mol. The van der Waals surface area contributed by atoms with Gasteiger partial charge in [0, 0.05) is 42.2 Å². The monoisotopic (exact) mass is 517 g/mol. The normalized spacial score (nSPS) is 12.5. The van der Waals surface area contributed by atoms with Crippen LogP contribution in [0.1, 0.15) is 33.6 Å². The average molecular weight is 517 g/mol. The summed E-state index contributed by atoms with van der Waals surface area (Å²) in [6, 6.07) is 7.96. The van der Waals surface area contributed by atoms with E-state index in [0.717, 1.165) is 16.7 Å². The number of carbonyl (C=O) groups is 2. The van der Waals surface area contributed by atoms with Crippen molar-refractivity contribution in [2.45, 2.75) is 38.4 Å². The molecule has 10 nitrogen and oxygen atoms in total. The van der Waals surface area contributed by atoms with Crippen LogP contribution in [0, 0.1) is 10.1 Å². The number of ether oxygens (including phenoxy) is 1. The molecule has 0 aliphatic heterocycles. The lowest BCUT2D eigenvalue weighted by molar-refractivity contribution is -0.384. The number of hydrogen-bond donors (Lipinski definition) is 1. The van der Waals surface area contributed by atoms with Gasteiger partial charge in [-0.2, -0.15) is 18.3 Å². The zero-order chi connectivity index (χ0) is 26.6. The number of nitro benzene ring substituents is 1. The zero-order valence-corrected chi connectivity index (χ0v) is 19.5. The Labute approximate surface area is 208 Å². The third-order valence-electron chi connectivity index (χ3n) is 5.92. The fraction of sp³-hybridized carbons (Fsp3) is 0.333. The first-order valence-electron chi connectivity index (χ1n) is 11.5. The summed E-state index contributed by atoms with van der Waals surface area (Å²) >= 11 is 0. The number of non-ortho nitro benzene ring substituents is 1. The van der Waals surface area contributed by atoms with Crippen molar-refractivity contribution in [3.05, 3.63) is 75.2 Å². The van der Waals surface area contributed by atoms with E-state index < -0.39 is 23.0 Å². The van der Waals surface area contributed by atoms with Crippen molar-refractivity contribution in [1.82, 2.24) is 20.1 Å². The van der Waals surface area contributed by atoms with Gasteiger partial charge in [-0.15, -0.1) is 0 Å². The van der Waals surface area contributed by atoms with Crippen LogP contribution in [0.3, 0.4) is 0 Å². The molecule has 0 unspecified atom stereocenters. The van der Waals surface area contributed by atoms with Crippen molar-refractivity contribution in [3.8, 4) is 11.3 Å². The van der Waals surface area contributed by atoms with Gasteiger partial charge in [0.05, 0.1) is 10.6 Å². The molecule has 2 heterocycles. The molecule has 3 aromatic rings. The number of rotatable bonds is 9. The molecule has 37 heavy (non-hydrogen) atoms. The van der Waals surface area contributed by atoms with Crippen LogP contribution < -0.4 is 5.32 Å². The van der Waals surface area contributed by atoms with Crippen LogP contribution in [0.5, 0.6) is 0 Å². The minimum Gasteiger partial charge on any atom is -0.381 e. The van der Waals surface area contributed by atoms with E-state index in [1.807, 2.05) is 0 Å². The zero-order valence-electron chi connectivity index (χ0n) is 19.5. The van der Waals surface area contributed by atoms with E-state index in [4.69, 9.17) is 0 Å². The molecule has 1 aliphatic carbocycles. The standard InChI is InChI=1S/C24H22F3N5O5/c25-24(26,27)23(34)37-22(33)21-19-7-4-16-14-29-12-9-18(16)20(19)30-31(21)13-1-10-28-11-8-15-2-5-17(6-3-15)32(35)36/h2-3,5-6,9,12,14,28H,1,4,7-8,10-11,13H2. The van der Waals surface area contributed by atoms with Gasteiger partial charge in [-0.05, 0) is 56.0 Å². The molecule has 194 valence electrons. The minimum absolute atomic E-state index is 0.0174. The van der Waals surface area contributed by atoms with Gasteiger partial charge in [0.2, 0.25) is 0 Å². The summed E-state index contributed by atoms with van der Waals surface area (Å²) in [7, 11) is 0. The topological polar surface area (TPSA) is 129 Å². The summed E-state index contributed by atoms with van der Waals surface area (Å²) in [4.78, 5) is 38.3. The smallest absolute Gasteiger partial charge is 0.381 e. The molecule has 0 saturated carbocycles. The van der Waals surface area contributed by atoms with E-state index in [1.165, 1.54) is 16.8 Å². The number of benzene rings is 1. The number of carbonyl (C=O) groups excluding carboxylic acids is 2. The van der Waals surface area contributed by atoms with E-state index in [0.29, 0.717) is 50.0 Å². The second kappa shape index (κ2) is 10.9. The van der Waals surface area contributed by atoms with E-state index in [2.05, 4.69) is 20.1 Å². The Kier molecular flexibility index (Phi) is 7.62. The molecule has 2 aromatic heterocycles. The summed E-state index contributed by atoms with van der Waals surface area (Å²) in [5.41, 5.74) is 3.30.